The van der Waals surface area contributed by atoms with Crippen molar-refractivity contribution in [3.63, 3.8) is 0 Å². The second-order valence-electron chi connectivity index (χ2n) is 6.29. The van der Waals surface area contributed by atoms with Gasteiger partial charge in [-0.1, -0.05) is 61.5 Å². The van der Waals surface area contributed by atoms with Crippen molar-refractivity contribution in [3.05, 3.63) is 108 Å². The fraction of sp³-hybridized carbons (Fsp3) is 0.0833. The number of carbonyl (C=O) groups is 1. The molecule has 7 heteroatoms. The van der Waals surface area contributed by atoms with Crippen LogP contribution in [0.2, 0.25) is 0 Å². The summed E-state index contributed by atoms with van der Waals surface area (Å²) in [7, 11) is 0. The smallest absolute Gasteiger partial charge is 0.857 e. The second-order valence-corrected chi connectivity index (χ2v) is 6.29. The van der Waals surface area contributed by atoms with Gasteiger partial charge in [0, 0.05) is 29.4 Å². The number of aliphatic carboxylic acids is 1. The normalized spacial score (nSPS) is 12.2. The Labute approximate surface area is 190 Å². The predicted octanol–water partition coefficient (Wildman–Crippen LogP) is 2.40. The summed E-state index contributed by atoms with van der Waals surface area (Å²) in [5, 5.41) is 23.8. The Balaban J connectivity index is 0.00000341. The molecule has 0 saturated carbocycles. The van der Waals surface area contributed by atoms with Gasteiger partial charge in [-0.25, -0.2) is 0 Å². The fourth-order valence-corrected chi connectivity index (χ4v) is 2.75. The van der Waals surface area contributed by atoms with Gasteiger partial charge in [0.05, 0.1) is 23.1 Å². The number of aliphatic imine (C=N–C) groups is 2. The van der Waals surface area contributed by atoms with Crippen molar-refractivity contribution in [1.29, 1.82) is 0 Å². The van der Waals surface area contributed by atoms with Gasteiger partial charge in [0.15, 0.2) is 0 Å². The summed E-state index contributed by atoms with van der Waals surface area (Å²) in [4.78, 5) is 24.0. The minimum atomic E-state index is -1.27. The van der Waals surface area contributed by atoms with Gasteiger partial charge in [-0.15, -0.1) is 0 Å². The van der Waals surface area contributed by atoms with Crippen LogP contribution in [0.25, 0.3) is 0 Å². The summed E-state index contributed by atoms with van der Waals surface area (Å²) in [6, 6.07) is 21.4. The van der Waals surface area contributed by atoms with Gasteiger partial charge < -0.3 is 15.0 Å². The van der Waals surface area contributed by atoms with Gasteiger partial charge in [-0.2, -0.15) is 0 Å². The van der Waals surface area contributed by atoms with Crippen LogP contribution < -0.4 is 10.2 Å². The zero-order valence-corrected chi connectivity index (χ0v) is 17.7. The molecule has 0 amide bonds. The molecule has 0 atom stereocenters. The van der Waals surface area contributed by atoms with Crippen molar-refractivity contribution in [3.8, 4) is 0 Å². The molecular weight excluding hydrogens is 437 g/mol. The molecule has 0 radical (unpaired) electrons. The maximum atomic E-state index is 12.6. The minimum absolute atomic E-state index is 0. The Hall–Kier alpha value is -3.57. The number of rotatable bonds is 7. The second kappa shape index (κ2) is 11.6. The fourth-order valence-electron chi connectivity index (χ4n) is 2.75. The molecule has 0 spiro atoms. The van der Waals surface area contributed by atoms with E-state index in [2.05, 4.69) is 15.0 Å². The monoisotopic (exact) mass is 455 g/mol. The number of aromatic nitrogens is 1. The van der Waals surface area contributed by atoms with E-state index in [1.54, 1.807) is 49.4 Å². The molecule has 0 unspecified atom stereocenters. The van der Waals surface area contributed by atoms with Crippen LogP contribution in [0.5, 0.6) is 0 Å². The maximum absolute atomic E-state index is 12.6. The van der Waals surface area contributed by atoms with Crippen molar-refractivity contribution in [2.75, 3.05) is 0 Å². The van der Waals surface area contributed by atoms with Crippen LogP contribution in [0.1, 0.15) is 30.2 Å². The molecule has 2 aromatic carbocycles. The molecule has 0 fully saturated rings. The molecular formula is C24H19N3NiO3. The standard InChI is InChI=1S/C24H21N3O3.Ni/c1-2-17(24(29)30)16-26-22(18-10-4-3-5-11-18)19-12-6-7-13-20(19)27-23(28)21-14-8-9-15-25-21;/h3-16H,2H2,1H3,(H,27,28)(H,29,30);/q;+2/p-2/b17-16-,26-22?;. The van der Waals surface area contributed by atoms with Gasteiger partial charge in [0.2, 0.25) is 0 Å². The van der Waals surface area contributed by atoms with Crippen molar-refractivity contribution in [1.82, 2.24) is 4.98 Å². The van der Waals surface area contributed by atoms with Crippen molar-refractivity contribution in [2.45, 2.75) is 13.3 Å². The number of para-hydroxylation sites is 1. The molecule has 3 aromatic rings. The third-order valence-corrected chi connectivity index (χ3v) is 4.30. The Morgan fingerprint density at radius 2 is 1.65 bits per heavy atom. The minimum Gasteiger partial charge on any atom is -0.857 e. The quantitative estimate of drug-likeness (QED) is 0.236. The van der Waals surface area contributed by atoms with Gasteiger partial charge in [-0.3, -0.25) is 15.0 Å². The molecule has 1 aromatic heterocycles. The van der Waals surface area contributed by atoms with E-state index in [4.69, 9.17) is 0 Å². The van der Waals surface area contributed by atoms with Crippen molar-refractivity contribution >= 4 is 23.3 Å². The van der Waals surface area contributed by atoms with Crippen LogP contribution in [0.4, 0.5) is 5.69 Å². The van der Waals surface area contributed by atoms with E-state index in [0.29, 0.717) is 17.0 Å². The number of carboxylic acid groups (broad SMARTS) is 1. The first-order valence-corrected chi connectivity index (χ1v) is 9.40. The topological polar surface area (TPSA) is 101 Å². The average molecular weight is 456 g/mol. The van der Waals surface area contributed by atoms with Crippen molar-refractivity contribution in [2.24, 2.45) is 9.98 Å². The molecule has 6 nitrogen and oxygen atoms in total. The van der Waals surface area contributed by atoms with E-state index in [-0.39, 0.29) is 34.2 Å². The molecule has 0 saturated heterocycles. The first-order valence-electron chi connectivity index (χ1n) is 9.40. The first-order chi connectivity index (χ1) is 14.6. The Morgan fingerprint density at radius 3 is 2.29 bits per heavy atom. The number of nitrogens with zero attached hydrogens (tertiary/aromatic N) is 3. The molecule has 31 heavy (non-hydrogen) atoms. The first kappa shape index (κ1) is 23.7. The SMILES string of the molecule is CC/C(=C/N=C(c1ccccc1)c1ccccc1N=C([O-])c1ccccn1)C(=O)[O-].[Ni+2]. The van der Waals surface area contributed by atoms with Gasteiger partial charge in [-0.05, 0) is 30.2 Å². The number of hydrogen-bond acceptors (Lipinski definition) is 6. The Kier molecular flexibility index (Phi) is 8.85. The summed E-state index contributed by atoms with van der Waals surface area (Å²) < 4.78 is 0. The number of pyridine rings is 1. The largest absolute Gasteiger partial charge is 2.00 e. The van der Waals surface area contributed by atoms with E-state index >= 15 is 0 Å². The van der Waals surface area contributed by atoms with Gasteiger partial charge in [0.25, 0.3) is 0 Å². The third kappa shape index (κ3) is 6.20. The Morgan fingerprint density at radius 1 is 0.968 bits per heavy atom. The van der Waals surface area contributed by atoms with Crippen LogP contribution in [0, 0.1) is 0 Å². The summed E-state index contributed by atoms with van der Waals surface area (Å²) in [5.74, 6) is -1.74. The summed E-state index contributed by atoms with van der Waals surface area (Å²) >= 11 is 0. The molecule has 0 aliphatic rings. The van der Waals surface area contributed by atoms with Crippen LogP contribution in [-0.4, -0.2) is 22.6 Å². The van der Waals surface area contributed by atoms with E-state index < -0.39 is 11.9 Å². The summed E-state index contributed by atoms with van der Waals surface area (Å²) in [6.45, 7) is 1.72. The molecule has 0 bridgehead atoms. The Bertz CT molecular complexity index is 1110. The zero-order valence-electron chi connectivity index (χ0n) is 16.7. The van der Waals surface area contributed by atoms with Crippen LogP contribution >= 0.6 is 0 Å². The molecule has 1 heterocycles. The maximum Gasteiger partial charge on any atom is 2.00 e. The van der Waals surface area contributed by atoms with E-state index in [9.17, 15) is 15.0 Å². The zero-order chi connectivity index (χ0) is 21.3. The summed E-state index contributed by atoms with van der Waals surface area (Å²) in [5.41, 5.74) is 2.57. The molecule has 0 aliphatic heterocycles. The van der Waals surface area contributed by atoms with Crippen molar-refractivity contribution < 1.29 is 31.5 Å². The third-order valence-electron chi connectivity index (χ3n) is 4.30. The number of hydrogen-bond donors (Lipinski definition) is 0. The molecule has 0 N–H and O–H groups in total. The van der Waals surface area contributed by atoms with Gasteiger partial charge in [0.1, 0.15) is 0 Å². The van der Waals surface area contributed by atoms with E-state index in [1.165, 1.54) is 12.4 Å². The predicted molar refractivity (Wildman–Crippen MR) is 112 cm³/mol. The summed E-state index contributed by atoms with van der Waals surface area (Å²) in [6.07, 6.45) is 3.09. The number of carbonyl (C=O) groups excluding carboxylic acids is 1. The average Bonchev–Trinajstić information content (AvgIpc) is 2.78. The van der Waals surface area contributed by atoms with E-state index in [1.807, 2.05) is 30.3 Å². The van der Waals surface area contributed by atoms with Crippen LogP contribution in [0.3, 0.4) is 0 Å². The molecule has 3 rings (SSSR count). The molecule has 0 aliphatic carbocycles. The number of carboxylic acids is 1. The number of benzene rings is 2. The molecule has 158 valence electrons. The van der Waals surface area contributed by atoms with Gasteiger partial charge >= 0.3 is 16.5 Å². The van der Waals surface area contributed by atoms with E-state index in [0.717, 1.165) is 5.56 Å². The van der Waals surface area contributed by atoms with Crippen LogP contribution in [0.15, 0.2) is 101 Å². The van der Waals surface area contributed by atoms with Crippen LogP contribution in [-0.2, 0) is 21.3 Å².